The maximum Gasteiger partial charge on any atom is 0.257 e. The highest BCUT2D eigenvalue weighted by atomic mass is 32.2. The Morgan fingerprint density at radius 2 is 1.81 bits per heavy atom. The normalized spacial score (nSPS) is 11.4. The van der Waals surface area contributed by atoms with Gasteiger partial charge in [-0.15, -0.1) is 0 Å². The van der Waals surface area contributed by atoms with Crippen LogP contribution in [0.4, 0.5) is 10.2 Å². The van der Waals surface area contributed by atoms with E-state index < -0.39 is 15.7 Å². The molecule has 8 heteroatoms. The molecule has 0 aliphatic rings. The molecular formula is C19H18FN3O3S. The molecule has 3 aromatic rings. The molecule has 1 amide bonds. The average Bonchev–Trinajstić information content (AvgIpc) is 2.95. The summed E-state index contributed by atoms with van der Waals surface area (Å²) < 4.78 is 38.4. The molecule has 1 heterocycles. The summed E-state index contributed by atoms with van der Waals surface area (Å²) >= 11 is 0. The lowest BCUT2D eigenvalue weighted by Gasteiger charge is -2.11. The molecule has 27 heavy (non-hydrogen) atoms. The number of sulfone groups is 1. The lowest BCUT2D eigenvalue weighted by atomic mass is 10.1. The molecule has 1 aromatic heterocycles. The number of aryl methyl sites for hydroxylation is 2. The number of imidazole rings is 1. The van der Waals surface area contributed by atoms with Crippen molar-refractivity contribution in [2.24, 2.45) is 7.05 Å². The highest BCUT2D eigenvalue weighted by Gasteiger charge is 2.18. The first-order valence-electron chi connectivity index (χ1n) is 8.06. The van der Waals surface area contributed by atoms with Crippen molar-refractivity contribution in [3.63, 3.8) is 0 Å². The summed E-state index contributed by atoms with van der Waals surface area (Å²) in [5.74, 6) is -0.394. The van der Waals surface area contributed by atoms with Crippen molar-refractivity contribution in [1.29, 1.82) is 0 Å². The van der Waals surface area contributed by atoms with Gasteiger partial charge < -0.3 is 9.88 Å². The van der Waals surface area contributed by atoms with Crippen molar-refractivity contribution in [3.8, 4) is 11.3 Å². The maximum absolute atomic E-state index is 13.2. The second-order valence-electron chi connectivity index (χ2n) is 6.26. The highest BCUT2D eigenvalue weighted by Crippen LogP contribution is 2.27. The van der Waals surface area contributed by atoms with Gasteiger partial charge in [-0.2, -0.15) is 0 Å². The lowest BCUT2D eigenvalue weighted by molar-refractivity contribution is 0.102. The Balaban J connectivity index is 1.98. The van der Waals surface area contributed by atoms with E-state index in [1.165, 1.54) is 30.6 Å². The third-order valence-corrected chi connectivity index (χ3v) is 5.28. The SMILES string of the molecule is Cc1ccc(S(C)(=O)=O)cc1C(=O)Nc1c(-c2ccc(F)cc2)ncn1C. The molecular weight excluding hydrogens is 369 g/mol. The number of nitrogens with one attached hydrogen (secondary N) is 1. The van der Waals surface area contributed by atoms with Crippen LogP contribution in [-0.2, 0) is 16.9 Å². The summed E-state index contributed by atoms with van der Waals surface area (Å²) in [4.78, 5) is 17.1. The summed E-state index contributed by atoms with van der Waals surface area (Å²) in [5, 5.41) is 2.78. The van der Waals surface area contributed by atoms with E-state index in [9.17, 15) is 17.6 Å². The molecule has 0 atom stereocenters. The molecule has 140 valence electrons. The van der Waals surface area contributed by atoms with Crippen molar-refractivity contribution < 1.29 is 17.6 Å². The van der Waals surface area contributed by atoms with E-state index in [0.717, 1.165) is 6.26 Å². The predicted octanol–water partition coefficient (Wildman–Crippen LogP) is 3.19. The molecule has 0 bridgehead atoms. The summed E-state index contributed by atoms with van der Waals surface area (Å²) in [6.07, 6.45) is 2.63. The van der Waals surface area contributed by atoms with Crippen LogP contribution in [0.1, 0.15) is 15.9 Å². The minimum absolute atomic E-state index is 0.0713. The summed E-state index contributed by atoms with van der Waals surface area (Å²) in [6.45, 7) is 1.73. The zero-order valence-electron chi connectivity index (χ0n) is 15.0. The van der Waals surface area contributed by atoms with Crippen molar-refractivity contribution in [2.75, 3.05) is 11.6 Å². The quantitative estimate of drug-likeness (QED) is 0.745. The summed E-state index contributed by atoms with van der Waals surface area (Å²) in [5.41, 5.74) is 2.03. The van der Waals surface area contributed by atoms with Gasteiger partial charge in [-0.3, -0.25) is 4.79 Å². The topological polar surface area (TPSA) is 81.1 Å². The van der Waals surface area contributed by atoms with E-state index in [0.29, 0.717) is 22.6 Å². The van der Waals surface area contributed by atoms with Gasteiger partial charge in [0.1, 0.15) is 17.3 Å². The predicted molar refractivity (Wildman–Crippen MR) is 101 cm³/mol. The number of hydrogen-bond acceptors (Lipinski definition) is 4. The standard InChI is InChI=1S/C19H18FN3O3S/c1-12-4-9-15(27(3,25)26)10-16(12)19(24)22-18-17(21-11-23(18)2)13-5-7-14(20)8-6-13/h4-11H,1-3H3,(H,22,24). The van der Waals surface area contributed by atoms with Crippen LogP contribution in [0, 0.1) is 12.7 Å². The number of amides is 1. The molecule has 0 fully saturated rings. The van der Waals surface area contributed by atoms with Crippen LogP contribution in [0.15, 0.2) is 53.7 Å². The number of benzene rings is 2. The van der Waals surface area contributed by atoms with Crippen molar-refractivity contribution in [2.45, 2.75) is 11.8 Å². The number of aromatic nitrogens is 2. The van der Waals surface area contributed by atoms with E-state index in [1.54, 1.807) is 36.7 Å². The number of anilines is 1. The van der Waals surface area contributed by atoms with Crippen molar-refractivity contribution in [1.82, 2.24) is 9.55 Å². The molecule has 0 aliphatic carbocycles. The van der Waals surface area contributed by atoms with Gasteiger partial charge in [0.15, 0.2) is 9.84 Å². The Morgan fingerprint density at radius 3 is 2.44 bits per heavy atom. The van der Waals surface area contributed by atoms with Crippen molar-refractivity contribution >= 4 is 21.6 Å². The fraction of sp³-hybridized carbons (Fsp3) is 0.158. The summed E-state index contributed by atoms with van der Waals surface area (Å²) in [6, 6.07) is 10.2. The van der Waals surface area contributed by atoms with Gasteiger partial charge in [0, 0.05) is 24.4 Å². The fourth-order valence-electron chi connectivity index (χ4n) is 2.65. The van der Waals surface area contributed by atoms with Crippen molar-refractivity contribution in [3.05, 3.63) is 65.7 Å². The molecule has 0 aliphatic heterocycles. The Bertz CT molecular complexity index is 1120. The van der Waals surface area contributed by atoms with Gasteiger partial charge in [0.2, 0.25) is 0 Å². The zero-order valence-corrected chi connectivity index (χ0v) is 15.8. The number of rotatable bonds is 4. The van der Waals surface area contributed by atoms with Gasteiger partial charge in [-0.1, -0.05) is 6.07 Å². The van der Waals surface area contributed by atoms with Gasteiger partial charge in [-0.25, -0.2) is 17.8 Å². The van der Waals surface area contributed by atoms with Crippen LogP contribution in [-0.4, -0.2) is 30.1 Å². The second-order valence-corrected chi connectivity index (χ2v) is 8.28. The van der Waals surface area contributed by atoms with E-state index >= 15 is 0 Å². The van der Waals surface area contributed by atoms with Crippen LogP contribution in [0.3, 0.4) is 0 Å². The Labute approximate surface area is 156 Å². The Hall–Kier alpha value is -3.00. The first-order chi connectivity index (χ1) is 12.7. The maximum atomic E-state index is 13.2. The molecule has 3 rings (SSSR count). The van der Waals surface area contributed by atoms with Gasteiger partial charge in [0.25, 0.3) is 5.91 Å². The average molecular weight is 387 g/mol. The van der Waals surface area contributed by atoms with Crippen LogP contribution in [0.2, 0.25) is 0 Å². The van der Waals surface area contributed by atoms with Crippen LogP contribution >= 0.6 is 0 Å². The number of halogens is 1. The number of nitrogens with zero attached hydrogens (tertiary/aromatic N) is 2. The van der Waals surface area contributed by atoms with Crippen LogP contribution in [0.25, 0.3) is 11.3 Å². The van der Waals surface area contributed by atoms with E-state index in [2.05, 4.69) is 10.3 Å². The van der Waals surface area contributed by atoms with Crippen LogP contribution in [0.5, 0.6) is 0 Å². The molecule has 6 nitrogen and oxygen atoms in total. The first kappa shape index (κ1) is 18.8. The van der Waals surface area contributed by atoms with Gasteiger partial charge in [0.05, 0.1) is 11.2 Å². The third-order valence-electron chi connectivity index (χ3n) is 4.17. The first-order valence-corrected chi connectivity index (χ1v) is 9.95. The van der Waals surface area contributed by atoms with Gasteiger partial charge in [-0.05, 0) is 48.9 Å². The molecule has 0 saturated heterocycles. The van der Waals surface area contributed by atoms with E-state index in [4.69, 9.17) is 0 Å². The molecule has 0 spiro atoms. The zero-order chi connectivity index (χ0) is 19.8. The fourth-order valence-corrected chi connectivity index (χ4v) is 3.30. The molecule has 0 radical (unpaired) electrons. The Kier molecular flexibility index (Phi) is 4.84. The Morgan fingerprint density at radius 1 is 1.15 bits per heavy atom. The molecule has 2 aromatic carbocycles. The highest BCUT2D eigenvalue weighted by molar-refractivity contribution is 7.90. The lowest BCUT2D eigenvalue weighted by Crippen LogP contribution is -2.16. The van der Waals surface area contributed by atoms with E-state index in [-0.39, 0.29) is 16.3 Å². The number of carbonyl (C=O) groups excluding carboxylic acids is 1. The number of hydrogen-bond donors (Lipinski definition) is 1. The molecule has 1 N–H and O–H groups in total. The monoisotopic (exact) mass is 387 g/mol. The minimum Gasteiger partial charge on any atom is -0.320 e. The third kappa shape index (κ3) is 3.90. The minimum atomic E-state index is -3.43. The van der Waals surface area contributed by atoms with Gasteiger partial charge >= 0.3 is 0 Å². The largest absolute Gasteiger partial charge is 0.320 e. The van der Waals surface area contributed by atoms with Crippen LogP contribution < -0.4 is 5.32 Å². The second kappa shape index (κ2) is 6.96. The smallest absolute Gasteiger partial charge is 0.257 e. The molecule has 0 unspecified atom stereocenters. The summed E-state index contributed by atoms with van der Waals surface area (Å²) in [7, 11) is -1.72. The molecule has 0 saturated carbocycles. The number of carbonyl (C=O) groups is 1. The van der Waals surface area contributed by atoms with E-state index in [1.807, 2.05) is 0 Å².